The lowest BCUT2D eigenvalue weighted by Crippen LogP contribution is -2.15. The number of hydrogen-bond donors (Lipinski definition) is 1. The first kappa shape index (κ1) is 18.0. The molecule has 0 heterocycles. The van der Waals surface area contributed by atoms with Gasteiger partial charge in [0.05, 0.1) is 20.4 Å². The van der Waals surface area contributed by atoms with Crippen molar-refractivity contribution in [2.45, 2.75) is 11.1 Å². The Bertz CT molecular complexity index is 883. The third-order valence-corrected chi connectivity index (χ3v) is 4.59. The van der Waals surface area contributed by atoms with Crippen molar-refractivity contribution in [2.75, 3.05) is 4.72 Å². The van der Waals surface area contributed by atoms with Gasteiger partial charge >= 0.3 is 6.18 Å². The number of alkyl halides is 3. The first-order chi connectivity index (χ1) is 11.0. The molecule has 0 aliphatic rings. The van der Waals surface area contributed by atoms with Crippen LogP contribution in [0, 0.1) is 10.1 Å². The quantitative estimate of drug-likeness (QED) is 0.639. The highest BCUT2D eigenvalue weighted by molar-refractivity contribution is 7.92. The number of anilines is 1. The van der Waals surface area contributed by atoms with Crippen LogP contribution in [0.1, 0.15) is 5.56 Å². The summed E-state index contributed by atoms with van der Waals surface area (Å²) in [7, 11) is -4.32. The summed E-state index contributed by atoms with van der Waals surface area (Å²) in [5.74, 6) is 0. The molecule has 24 heavy (non-hydrogen) atoms. The molecule has 0 aromatic heterocycles. The van der Waals surface area contributed by atoms with Crippen molar-refractivity contribution in [3.8, 4) is 0 Å². The van der Waals surface area contributed by atoms with Gasteiger partial charge in [0.25, 0.3) is 15.7 Å². The maximum Gasteiger partial charge on any atom is 0.417 e. The number of benzene rings is 2. The molecule has 0 atom stereocenters. The molecule has 0 spiro atoms. The molecule has 0 aliphatic carbocycles. The van der Waals surface area contributed by atoms with Gasteiger partial charge in [0.2, 0.25) is 0 Å². The van der Waals surface area contributed by atoms with Crippen LogP contribution in [0.2, 0.25) is 5.02 Å². The smallest absolute Gasteiger partial charge is 0.280 e. The fourth-order valence-corrected chi connectivity index (χ4v) is 3.06. The highest BCUT2D eigenvalue weighted by Gasteiger charge is 2.34. The molecule has 0 fully saturated rings. The number of nitro groups is 1. The Morgan fingerprint density at radius 2 is 1.67 bits per heavy atom. The van der Waals surface area contributed by atoms with Crippen LogP contribution < -0.4 is 4.72 Å². The lowest BCUT2D eigenvalue weighted by molar-refractivity contribution is -0.384. The van der Waals surface area contributed by atoms with Crippen LogP contribution in [0.15, 0.2) is 47.4 Å². The van der Waals surface area contributed by atoms with Crippen molar-refractivity contribution in [3.05, 3.63) is 63.2 Å². The van der Waals surface area contributed by atoms with Gasteiger partial charge < -0.3 is 0 Å². The first-order valence-electron chi connectivity index (χ1n) is 6.15. The summed E-state index contributed by atoms with van der Waals surface area (Å²) >= 11 is 5.44. The van der Waals surface area contributed by atoms with Gasteiger partial charge in [0, 0.05) is 17.8 Å². The Morgan fingerprint density at radius 1 is 1.08 bits per heavy atom. The largest absolute Gasteiger partial charge is 0.417 e. The van der Waals surface area contributed by atoms with E-state index in [2.05, 4.69) is 0 Å². The number of nitrogens with one attached hydrogen (secondary N) is 1. The Balaban J connectivity index is 2.35. The lowest BCUT2D eigenvalue weighted by Gasteiger charge is -2.12. The molecule has 2 aromatic rings. The van der Waals surface area contributed by atoms with Crippen molar-refractivity contribution in [1.82, 2.24) is 0 Å². The van der Waals surface area contributed by atoms with Crippen LogP contribution in [0.5, 0.6) is 0 Å². The summed E-state index contributed by atoms with van der Waals surface area (Å²) in [6.07, 6.45) is -4.81. The number of non-ortho nitro benzene ring substituents is 1. The third-order valence-electron chi connectivity index (χ3n) is 2.88. The normalized spacial score (nSPS) is 12.0. The second kappa shape index (κ2) is 6.29. The predicted octanol–water partition coefficient (Wildman–Crippen LogP) is 4.07. The minimum Gasteiger partial charge on any atom is -0.280 e. The number of halogens is 4. The zero-order valence-electron chi connectivity index (χ0n) is 11.5. The second-order valence-electron chi connectivity index (χ2n) is 4.55. The number of nitrogens with zero attached hydrogens (tertiary/aromatic N) is 1. The molecule has 0 unspecified atom stereocenters. The molecule has 0 saturated heterocycles. The average Bonchev–Trinajstić information content (AvgIpc) is 2.46. The van der Waals surface area contributed by atoms with Gasteiger partial charge in [0.1, 0.15) is 0 Å². The van der Waals surface area contributed by atoms with Gasteiger partial charge in [-0.1, -0.05) is 11.6 Å². The van der Waals surface area contributed by atoms with Gasteiger partial charge in [-0.2, -0.15) is 13.2 Å². The van der Waals surface area contributed by atoms with Crippen molar-refractivity contribution in [3.63, 3.8) is 0 Å². The summed E-state index contributed by atoms with van der Waals surface area (Å²) in [5.41, 5.74) is -1.58. The van der Waals surface area contributed by atoms with E-state index in [4.69, 9.17) is 11.6 Å². The van der Waals surface area contributed by atoms with E-state index in [-0.39, 0.29) is 11.4 Å². The number of nitro benzene ring substituents is 1. The van der Waals surface area contributed by atoms with Gasteiger partial charge in [0.15, 0.2) is 0 Å². The molecule has 0 radical (unpaired) electrons. The van der Waals surface area contributed by atoms with Crippen molar-refractivity contribution in [1.29, 1.82) is 0 Å². The van der Waals surface area contributed by atoms with Crippen molar-refractivity contribution >= 4 is 33.0 Å². The minimum atomic E-state index is -4.81. The average molecular weight is 381 g/mol. The molecule has 11 heteroatoms. The Hall–Kier alpha value is -2.33. The second-order valence-corrected chi connectivity index (χ2v) is 6.64. The minimum absolute atomic E-state index is 0.0379. The van der Waals surface area contributed by atoms with E-state index >= 15 is 0 Å². The van der Waals surface area contributed by atoms with Crippen LogP contribution >= 0.6 is 11.6 Å². The summed E-state index contributed by atoms with van der Waals surface area (Å²) in [4.78, 5) is 9.22. The van der Waals surface area contributed by atoms with E-state index in [1.54, 1.807) is 0 Å². The lowest BCUT2D eigenvalue weighted by atomic mass is 10.2. The topological polar surface area (TPSA) is 89.3 Å². The first-order valence-corrected chi connectivity index (χ1v) is 8.01. The predicted molar refractivity (Wildman–Crippen MR) is 80.4 cm³/mol. The highest BCUT2D eigenvalue weighted by Crippen LogP contribution is 2.36. The monoisotopic (exact) mass is 380 g/mol. The molecule has 0 aliphatic heterocycles. The summed E-state index contributed by atoms with van der Waals surface area (Å²) in [6.45, 7) is 0. The zero-order chi connectivity index (χ0) is 18.1. The Labute approximate surface area is 139 Å². The number of sulfonamides is 1. The molecular weight excluding hydrogens is 373 g/mol. The van der Waals surface area contributed by atoms with Gasteiger partial charge in [-0.25, -0.2) is 8.42 Å². The molecule has 6 nitrogen and oxygen atoms in total. The highest BCUT2D eigenvalue weighted by atomic mass is 35.5. The van der Waals surface area contributed by atoms with Crippen LogP contribution in [-0.4, -0.2) is 13.3 Å². The third kappa shape index (κ3) is 3.95. The van der Waals surface area contributed by atoms with Crippen molar-refractivity contribution in [2.24, 2.45) is 0 Å². The van der Waals surface area contributed by atoms with Crippen molar-refractivity contribution < 1.29 is 26.5 Å². The molecule has 1 N–H and O–H groups in total. The van der Waals surface area contributed by atoms with E-state index in [9.17, 15) is 31.7 Å². The molecule has 2 aromatic carbocycles. The SMILES string of the molecule is O=[N+]([O-])c1ccc(NS(=O)(=O)c2ccc(Cl)c(C(F)(F)F)c2)cc1. The summed E-state index contributed by atoms with van der Waals surface area (Å²) < 4.78 is 64.7. The van der Waals surface area contributed by atoms with Crippen LogP contribution in [0.4, 0.5) is 24.5 Å². The summed E-state index contributed by atoms with van der Waals surface area (Å²) in [5, 5.41) is 9.90. The van der Waals surface area contributed by atoms with E-state index in [1.165, 1.54) is 0 Å². The Kier molecular flexibility index (Phi) is 4.72. The van der Waals surface area contributed by atoms with Crippen LogP contribution in [-0.2, 0) is 16.2 Å². The Morgan fingerprint density at radius 3 is 2.17 bits per heavy atom. The fraction of sp³-hybridized carbons (Fsp3) is 0.0769. The molecule has 2 rings (SSSR count). The maximum absolute atomic E-state index is 12.8. The van der Waals surface area contributed by atoms with E-state index < -0.39 is 36.6 Å². The van der Waals surface area contributed by atoms with Crippen LogP contribution in [0.25, 0.3) is 0 Å². The van der Waals surface area contributed by atoms with E-state index in [1.807, 2.05) is 4.72 Å². The van der Waals surface area contributed by atoms with E-state index in [0.717, 1.165) is 36.4 Å². The number of hydrogen-bond acceptors (Lipinski definition) is 4. The standard InChI is InChI=1S/C13H8ClF3N2O4S/c14-12-6-5-10(7-11(12)13(15,16)17)24(22,23)18-8-1-3-9(4-2-8)19(20)21/h1-7,18H. The zero-order valence-corrected chi connectivity index (χ0v) is 13.1. The molecule has 0 saturated carbocycles. The molecule has 0 amide bonds. The van der Waals surface area contributed by atoms with Gasteiger partial charge in [-0.05, 0) is 30.3 Å². The maximum atomic E-state index is 12.8. The molecular formula is C13H8ClF3N2O4S. The fourth-order valence-electron chi connectivity index (χ4n) is 1.75. The van der Waals surface area contributed by atoms with Gasteiger partial charge in [-0.3, -0.25) is 14.8 Å². The molecule has 0 bridgehead atoms. The summed E-state index contributed by atoms with van der Waals surface area (Å²) in [6, 6.07) is 6.52. The number of rotatable bonds is 4. The molecule has 128 valence electrons. The van der Waals surface area contributed by atoms with Crippen LogP contribution in [0.3, 0.4) is 0 Å². The van der Waals surface area contributed by atoms with E-state index in [0.29, 0.717) is 6.07 Å². The van der Waals surface area contributed by atoms with Gasteiger partial charge in [-0.15, -0.1) is 0 Å².